The van der Waals surface area contributed by atoms with Gasteiger partial charge in [-0.25, -0.2) is 17.9 Å². The quantitative estimate of drug-likeness (QED) is 0.210. The van der Waals surface area contributed by atoms with Crippen molar-refractivity contribution in [1.29, 1.82) is 0 Å². The lowest BCUT2D eigenvalue weighted by Gasteiger charge is -2.11. The summed E-state index contributed by atoms with van der Waals surface area (Å²) in [5.41, 5.74) is 10.4. The molecule has 0 aliphatic heterocycles. The Hall–Kier alpha value is -3.14. The Morgan fingerprint density at radius 3 is 2.16 bits per heavy atom. The summed E-state index contributed by atoms with van der Waals surface area (Å²) < 4.78 is 43.2. The van der Waals surface area contributed by atoms with E-state index >= 15 is 0 Å². The molecule has 0 fully saturated rings. The van der Waals surface area contributed by atoms with Gasteiger partial charge in [0.1, 0.15) is 11.5 Å². The first-order chi connectivity index (χ1) is 16.2. The lowest BCUT2D eigenvalue weighted by atomic mass is 9.94. The number of hydrogen-bond donors (Lipinski definition) is 5. The molecule has 0 spiro atoms. The van der Waals surface area contributed by atoms with Crippen molar-refractivity contribution >= 4 is 56.4 Å². The molecule has 3 aromatic rings. The van der Waals surface area contributed by atoms with Gasteiger partial charge >= 0.3 is 0 Å². The van der Waals surface area contributed by atoms with Gasteiger partial charge in [0.05, 0.1) is 15.5 Å². The summed E-state index contributed by atoms with van der Waals surface area (Å²) in [6.45, 7) is 5.58. The van der Waals surface area contributed by atoms with Gasteiger partial charge in [0.2, 0.25) is 10.0 Å². The van der Waals surface area contributed by atoms with Gasteiger partial charge in [-0.05, 0) is 48.7 Å². The van der Waals surface area contributed by atoms with E-state index in [-0.39, 0.29) is 28.7 Å². The molecule has 15 heteroatoms. The van der Waals surface area contributed by atoms with Crippen LogP contribution in [0.25, 0.3) is 22.4 Å². The lowest BCUT2D eigenvalue weighted by Crippen LogP contribution is -2.13. The van der Waals surface area contributed by atoms with Crippen molar-refractivity contribution in [2.75, 3.05) is 0 Å². The summed E-state index contributed by atoms with van der Waals surface area (Å²) in [4.78, 5) is -0.0693. The van der Waals surface area contributed by atoms with E-state index < -0.39 is 26.2 Å². The van der Waals surface area contributed by atoms with E-state index in [2.05, 4.69) is 47.6 Å². The molecule has 0 amide bonds. The van der Waals surface area contributed by atoms with Crippen molar-refractivity contribution in [2.45, 2.75) is 25.2 Å². The van der Waals surface area contributed by atoms with Gasteiger partial charge in [0.15, 0.2) is 5.76 Å². The van der Waals surface area contributed by atoms with Crippen LogP contribution in [0.5, 0.6) is 0 Å². The van der Waals surface area contributed by atoms with Crippen molar-refractivity contribution in [1.82, 2.24) is 5.16 Å². The molecular weight excluding hydrogens is 567 g/mol. The Balaban J connectivity index is 0. The van der Waals surface area contributed by atoms with Crippen LogP contribution in [0.2, 0.25) is 5.02 Å². The van der Waals surface area contributed by atoms with Crippen molar-refractivity contribution in [2.24, 2.45) is 16.6 Å². The van der Waals surface area contributed by atoms with Gasteiger partial charge in [0, 0.05) is 17.0 Å². The van der Waals surface area contributed by atoms with Crippen LogP contribution in [0.1, 0.15) is 26.0 Å². The summed E-state index contributed by atoms with van der Waals surface area (Å²) in [5, 5.41) is 23.5. The molecule has 1 unspecified atom stereocenters. The summed E-state index contributed by atoms with van der Waals surface area (Å²) in [6, 6.07) is 10.4. The number of benzene rings is 2. The maximum atomic E-state index is 13.6. The molecule has 10 N–H and O–H groups in total. The van der Waals surface area contributed by atoms with E-state index in [1.165, 1.54) is 24.3 Å². The van der Waals surface area contributed by atoms with Crippen LogP contribution in [0.15, 0.2) is 64.5 Å². The summed E-state index contributed by atoms with van der Waals surface area (Å²) in [5.74, 6) is -0.419. The average Bonchev–Trinajstić information content (AvgIpc) is 3.18. The molecule has 0 radical (unpaired) electrons. The molecule has 0 aliphatic rings. The van der Waals surface area contributed by atoms with Crippen LogP contribution in [0.4, 0.5) is 4.39 Å². The van der Waals surface area contributed by atoms with Crippen LogP contribution >= 0.6 is 36.0 Å². The number of nitrogens with two attached hydrogens (primary N) is 3. The molecule has 0 bridgehead atoms. The van der Waals surface area contributed by atoms with Gasteiger partial charge in [-0.3, -0.25) is 0 Å². The smallest absolute Gasteiger partial charge is 0.251 e. The fourth-order valence-electron chi connectivity index (χ4n) is 2.74. The Bertz CT molecular complexity index is 1320. The number of halogens is 2. The molecule has 0 saturated carbocycles. The zero-order chi connectivity index (χ0) is 26.9. The maximum absolute atomic E-state index is 13.6. The minimum atomic E-state index is -4.00. The van der Waals surface area contributed by atoms with Crippen LogP contribution in [0, 0.1) is 5.82 Å². The Labute approximate surface area is 229 Å². The maximum Gasteiger partial charge on any atom is 0.251 e. The second-order valence-corrected chi connectivity index (χ2v) is 9.41. The lowest BCUT2D eigenvalue weighted by molar-refractivity contribution is 0.380. The summed E-state index contributed by atoms with van der Waals surface area (Å²) >= 11 is 13.6. The van der Waals surface area contributed by atoms with E-state index in [1.807, 2.05) is 6.92 Å². The van der Waals surface area contributed by atoms with Crippen molar-refractivity contribution in [3.8, 4) is 22.4 Å². The highest BCUT2D eigenvalue weighted by atomic mass is 35.5. The van der Waals surface area contributed by atoms with E-state index in [0.717, 1.165) is 0 Å². The monoisotopic (exact) mass is 594 g/mol. The minimum Gasteiger partial charge on any atom is -0.487 e. The summed E-state index contributed by atoms with van der Waals surface area (Å²) in [7, 11) is -4.00. The number of aliphatic hydroxyl groups excluding tert-OH is 2. The highest BCUT2D eigenvalue weighted by molar-refractivity contribution is 7.89. The van der Waals surface area contributed by atoms with Crippen molar-refractivity contribution in [3.05, 3.63) is 71.7 Å². The molecule has 1 heterocycles. The number of aliphatic hydroxyl groups is 2. The first kappa shape index (κ1) is 36.0. The van der Waals surface area contributed by atoms with Crippen LogP contribution in [-0.2, 0) is 10.0 Å². The normalized spacial score (nSPS) is 10.6. The van der Waals surface area contributed by atoms with E-state index in [4.69, 9.17) is 31.5 Å². The molecular formula is C22H28ClFN4O6S3. The molecule has 0 saturated heterocycles. The molecule has 3 rings (SSSR count). The first-order valence-electron chi connectivity index (χ1n) is 9.37. The van der Waals surface area contributed by atoms with Crippen molar-refractivity contribution in [3.63, 3.8) is 0 Å². The standard InChI is InChI=1S/C19H16ClFN2O3S.2CH3NOS.CH4.H2O/c1-3-11(2)19-17(13-6-4-5-7-16(13)27(22,24)25)18(23-26-19)12-8-9-15(21)14(20)10-12;2*2-1(3)4;;/h3-11H,1H2,2H3,(H2,22,24,25);2*(H3,2,3,4);1H4;1H2. The fraction of sp³-hybridized carbons (Fsp3) is 0.136. The van der Waals surface area contributed by atoms with Gasteiger partial charge < -0.3 is 31.7 Å². The number of nitrogens with zero attached hydrogens (tertiary/aromatic N) is 1. The molecule has 204 valence electrons. The van der Waals surface area contributed by atoms with Crippen LogP contribution in [-0.4, -0.2) is 39.6 Å². The summed E-state index contributed by atoms with van der Waals surface area (Å²) in [6.07, 6.45) is 1.64. The molecule has 2 aromatic carbocycles. The number of primary sulfonamides is 1. The largest absolute Gasteiger partial charge is 0.487 e. The highest BCUT2D eigenvalue weighted by Gasteiger charge is 2.26. The van der Waals surface area contributed by atoms with Gasteiger partial charge in [-0.1, -0.05) is 55.4 Å². The van der Waals surface area contributed by atoms with Gasteiger partial charge in [0.25, 0.3) is 10.3 Å². The number of thiocarbonyl (C=S) groups is 2. The predicted octanol–water partition coefficient (Wildman–Crippen LogP) is 4.13. The number of sulfonamides is 1. The predicted molar refractivity (Wildman–Crippen MR) is 152 cm³/mol. The Morgan fingerprint density at radius 1 is 1.19 bits per heavy atom. The number of aromatic nitrogens is 1. The van der Waals surface area contributed by atoms with Crippen LogP contribution in [0.3, 0.4) is 0 Å². The third kappa shape index (κ3) is 10.8. The topological polar surface area (TPSA) is 210 Å². The van der Waals surface area contributed by atoms with Crippen LogP contribution < -0.4 is 16.6 Å². The van der Waals surface area contributed by atoms with Gasteiger partial charge in [-0.15, -0.1) is 6.58 Å². The second-order valence-electron chi connectivity index (χ2n) is 6.64. The minimum absolute atomic E-state index is 0. The SMILES string of the molecule is C.C=CC(C)c1onc(-c2ccc(F)c(Cl)c2)c1-c1ccccc1S(N)(=O)=O.NC(O)=S.NC(O)=S.O. The second kappa shape index (κ2) is 15.9. The molecule has 0 aliphatic carbocycles. The van der Waals surface area contributed by atoms with E-state index in [0.29, 0.717) is 28.1 Å². The van der Waals surface area contributed by atoms with E-state index in [9.17, 15) is 12.8 Å². The molecule has 10 nitrogen and oxygen atoms in total. The Morgan fingerprint density at radius 2 is 1.70 bits per heavy atom. The van der Waals surface area contributed by atoms with E-state index in [1.54, 1.807) is 24.3 Å². The number of allylic oxidation sites excluding steroid dienone is 1. The zero-order valence-electron chi connectivity index (χ0n) is 18.7. The zero-order valence-corrected chi connectivity index (χ0v) is 21.9. The molecule has 1 atom stereocenters. The van der Waals surface area contributed by atoms with Gasteiger partial charge in [-0.2, -0.15) is 0 Å². The third-order valence-corrected chi connectivity index (χ3v) is 5.40. The highest BCUT2D eigenvalue weighted by Crippen LogP contribution is 2.41. The average molecular weight is 595 g/mol. The Kier molecular flexibility index (Phi) is 15.4. The number of hydrogen-bond acceptors (Lipinski definition) is 6. The third-order valence-electron chi connectivity index (χ3n) is 4.14. The molecule has 37 heavy (non-hydrogen) atoms. The van der Waals surface area contributed by atoms with Crippen molar-refractivity contribution < 1.29 is 33.0 Å². The fourth-order valence-corrected chi connectivity index (χ4v) is 3.67. The first-order valence-corrected chi connectivity index (χ1v) is 12.1. The molecule has 1 aromatic heterocycles. The number of rotatable bonds is 5.